The molecule has 1 amide bonds. The van der Waals surface area contributed by atoms with Crippen LogP contribution in [0.1, 0.15) is 37.1 Å². The van der Waals surface area contributed by atoms with Crippen molar-refractivity contribution >= 4 is 11.7 Å². The molecule has 1 aromatic carbocycles. The van der Waals surface area contributed by atoms with Crippen LogP contribution < -0.4 is 15.4 Å². The number of aromatic nitrogens is 1. The molecule has 0 fully saturated rings. The minimum absolute atomic E-state index is 0.0876. The minimum Gasteiger partial charge on any atom is -0.497 e. The molecule has 2 N–H and O–H groups in total. The first-order valence-corrected chi connectivity index (χ1v) is 7.73. The van der Waals surface area contributed by atoms with E-state index in [2.05, 4.69) is 22.7 Å². The summed E-state index contributed by atoms with van der Waals surface area (Å²) in [5.41, 5.74) is 1.18. The number of hydrogen-bond donors (Lipinski definition) is 2. The Morgan fingerprint density at radius 3 is 2.65 bits per heavy atom. The van der Waals surface area contributed by atoms with E-state index >= 15 is 0 Å². The number of nitrogens with zero attached hydrogens (tertiary/aromatic N) is 1. The summed E-state index contributed by atoms with van der Waals surface area (Å²) in [6.07, 6.45) is 1.31. The van der Waals surface area contributed by atoms with Crippen molar-refractivity contribution in [1.29, 1.82) is 0 Å². The van der Waals surface area contributed by atoms with Crippen LogP contribution in [0.15, 0.2) is 34.9 Å². The summed E-state index contributed by atoms with van der Waals surface area (Å²) in [7, 11) is 1.65. The Morgan fingerprint density at radius 2 is 2.09 bits per heavy atom. The number of carbonyl (C=O) groups is 1. The fourth-order valence-electron chi connectivity index (χ4n) is 2.32. The zero-order valence-electron chi connectivity index (χ0n) is 13.8. The summed E-state index contributed by atoms with van der Waals surface area (Å²) >= 11 is 0. The maximum atomic E-state index is 11.9. The van der Waals surface area contributed by atoms with Crippen LogP contribution in [-0.2, 0) is 4.79 Å². The second kappa shape index (κ2) is 8.33. The molecule has 2 rings (SSSR count). The van der Waals surface area contributed by atoms with Crippen molar-refractivity contribution in [2.45, 2.75) is 32.7 Å². The first-order chi connectivity index (χ1) is 11.1. The molecule has 23 heavy (non-hydrogen) atoms. The van der Waals surface area contributed by atoms with Gasteiger partial charge in [0.25, 0.3) is 0 Å². The Labute approximate surface area is 136 Å². The smallest absolute Gasteiger partial charge is 0.226 e. The molecule has 0 aliphatic rings. The first kappa shape index (κ1) is 17.0. The molecule has 0 unspecified atom stereocenters. The van der Waals surface area contributed by atoms with E-state index in [9.17, 15) is 4.79 Å². The highest BCUT2D eigenvalue weighted by molar-refractivity contribution is 5.89. The van der Waals surface area contributed by atoms with Gasteiger partial charge in [0.1, 0.15) is 11.5 Å². The number of aryl methyl sites for hydroxylation is 1. The number of benzene rings is 1. The Bertz CT molecular complexity index is 622. The van der Waals surface area contributed by atoms with Crippen LogP contribution in [0.25, 0.3) is 0 Å². The number of methoxy groups -OCH3 is 1. The van der Waals surface area contributed by atoms with E-state index < -0.39 is 0 Å². The van der Waals surface area contributed by atoms with Crippen molar-refractivity contribution in [2.24, 2.45) is 0 Å². The fraction of sp³-hybridized carbons (Fsp3) is 0.412. The van der Waals surface area contributed by atoms with Gasteiger partial charge in [-0.1, -0.05) is 24.2 Å². The maximum absolute atomic E-state index is 11.9. The molecule has 2 aromatic rings. The lowest BCUT2D eigenvalue weighted by atomic mass is 10.0. The summed E-state index contributed by atoms with van der Waals surface area (Å²) in [6, 6.07) is 9.87. The van der Waals surface area contributed by atoms with Gasteiger partial charge in [0.05, 0.1) is 7.11 Å². The van der Waals surface area contributed by atoms with Gasteiger partial charge >= 0.3 is 0 Å². The number of nitrogens with one attached hydrogen (secondary N) is 2. The molecule has 0 bridgehead atoms. The van der Waals surface area contributed by atoms with Gasteiger partial charge in [-0.05, 0) is 31.0 Å². The van der Waals surface area contributed by atoms with E-state index in [0.717, 1.165) is 12.2 Å². The molecule has 1 heterocycles. The van der Waals surface area contributed by atoms with Gasteiger partial charge in [-0.2, -0.15) is 0 Å². The van der Waals surface area contributed by atoms with Crippen LogP contribution in [0.4, 0.5) is 5.82 Å². The monoisotopic (exact) mass is 317 g/mol. The number of rotatable bonds is 8. The van der Waals surface area contributed by atoms with E-state index in [0.29, 0.717) is 24.5 Å². The predicted octanol–water partition coefficient (Wildman–Crippen LogP) is 3.06. The SMILES string of the molecule is CC[C@H](NCCC(=O)Nc1cc(C)on1)c1ccc(OC)cc1. The standard InChI is InChI=1S/C17H23N3O3/c1-4-15(13-5-7-14(22-3)8-6-13)18-10-9-17(21)19-16-11-12(2)23-20-16/h5-8,11,15,18H,4,9-10H2,1-3H3,(H,19,20,21)/t15-/m0/s1. The molecular formula is C17H23N3O3. The third-order valence-corrected chi connectivity index (χ3v) is 3.56. The number of anilines is 1. The summed E-state index contributed by atoms with van der Waals surface area (Å²) in [5, 5.41) is 9.85. The quantitative estimate of drug-likeness (QED) is 0.782. The molecule has 1 aromatic heterocycles. The minimum atomic E-state index is -0.0876. The van der Waals surface area contributed by atoms with Crippen LogP contribution in [-0.4, -0.2) is 24.7 Å². The number of amides is 1. The maximum Gasteiger partial charge on any atom is 0.226 e. The van der Waals surface area contributed by atoms with Gasteiger partial charge in [0.15, 0.2) is 5.82 Å². The molecule has 0 saturated carbocycles. The summed E-state index contributed by atoms with van der Waals surface area (Å²) in [5.74, 6) is 1.87. The van der Waals surface area contributed by atoms with Crippen molar-refractivity contribution in [3.05, 3.63) is 41.7 Å². The molecule has 0 aliphatic carbocycles. The molecule has 1 atom stereocenters. The lowest BCUT2D eigenvalue weighted by Gasteiger charge is -2.17. The molecule has 124 valence electrons. The van der Waals surface area contributed by atoms with Crippen LogP contribution in [0.5, 0.6) is 5.75 Å². The third-order valence-electron chi connectivity index (χ3n) is 3.56. The largest absolute Gasteiger partial charge is 0.497 e. The number of carbonyl (C=O) groups excluding carboxylic acids is 1. The average Bonchev–Trinajstić information content (AvgIpc) is 2.96. The first-order valence-electron chi connectivity index (χ1n) is 7.73. The predicted molar refractivity (Wildman–Crippen MR) is 88.5 cm³/mol. The zero-order valence-corrected chi connectivity index (χ0v) is 13.8. The fourth-order valence-corrected chi connectivity index (χ4v) is 2.32. The van der Waals surface area contributed by atoms with Crippen molar-refractivity contribution in [3.63, 3.8) is 0 Å². The van der Waals surface area contributed by atoms with Gasteiger partial charge in [-0.25, -0.2) is 0 Å². The Hall–Kier alpha value is -2.34. The van der Waals surface area contributed by atoms with Gasteiger partial charge in [-0.3, -0.25) is 4.79 Å². The van der Waals surface area contributed by atoms with E-state index in [-0.39, 0.29) is 11.9 Å². The zero-order chi connectivity index (χ0) is 16.7. The molecule has 0 radical (unpaired) electrons. The molecule has 6 nitrogen and oxygen atoms in total. The normalized spacial score (nSPS) is 12.0. The van der Waals surface area contributed by atoms with E-state index in [1.165, 1.54) is 5.56 Å². The average molecular weight is 317 g/mol. The molecule has 0 aliphatic heterocycles. The lowest BCUT2D eigenvalue weighted by molar-refractivity contribution is -0.116. The highest BCUT2D eigenvalue weighted by Crippen LogP contribution is 2.20. The van der Waals surface area contributed by atoms with E-state index in [1.54, 1.807) is 20.1 Å². The molecule has 0 saturated heterocycles. The summed E-state index contributed by atoms with van der Waals surface area (Å²) in [6.45, 7) is 4.48. The second-order valence-electron chi connectivity index (χ2n) is 5.31. The topological polar surface area (TPSA) is 76.4 Å². The third kappa shape index (κ3) is 5.10. The van der Waals surface area contributed by atoms with E-state index in [4.69, 9.17) is 9.26 Å². The van der Waals surface area contributed by atoms with Gasteiger partial charge in [0, 0.05) is 25.1 Å². The van der Waals surface area contributed by atoms with Crippen molar-refractivity contribution < 1.29 is 14.1 Å². The summed E-state index contributed by atoms with van der Waals surface area (Å²) in [4.78, 5) is 11.9. The van der Waals surface area contributed by atoms with Crippen LogP contribution in [0, 0.1) is 6.92 Å². The Balaban J connectivity index is 1.79. The van der Waals surface area contributed by atoms with Gasteiger partial charge < -0.3 is 19.9 Å². The highest BCUT2D eigenvalue weighted by Gasteiger charge is 2.10. The molecule has 6 heteroatoms. The number of ether oxygens (including phenoxy) is 1. The van der Waals surface area contributed by atoms with Crippen LogP contribution in [0.2, 0.25) is 0 Å². The summed E-state index contributed by atoms with van der Waals surface area (Å²) < 4.78 is 10.1. The van der Waals surface area contributed by atoms with Crippen molar-refractivity contribution in [2.75, 3.05) is 19.0 Å². The molecule has 0 spiro atoms. The number of hydrogen-bond acceptors (Lipinski definition) is 5. The highest BCUT2D eigenvalue weighted by atomic mass is 16.5. The van der Waals surface area contributed by atoms with Crippen LogP contribution in [0.3, 0.4) is 0 Å². The van der Waals surface area contributed by atoms with E-state index in [1.807, 2.05) is 24.3 Å². The van der Waals surface area contributed by atoms with Crippen molar-refractivity contribution in [3.8, 4) is 5.75 Å². The van der Waals surface area contributed by atoms with Gasteiger partial charge in [-0.15, -0.1) is 0 Å². The second-order valence-corrected chi connectivity index (χ2v) is 5.31. The lowest BCUT2D eigenvalue weighted by Crippen LogP contribution is -2.25. The van der Waals surface area contributed by atoms with Crippen LogP contribution >= 0.6 is 0 Å². The van der Waals surface area contributed by atoms with Gasteiger partial charge in [0.2, 0.25) is 5.91 Å². The Kier molecular flexibility index (Phi) is 6.17. The Morgan fingerprint density at radius 1 is 1.35 bits per heavy atom. The van der Waals surface area contributed by atoms with Crippen molar-refractivity contribution in [1.82, 2.24) is 10.5 Å². The molecular weight excluding hydrogens is 294 g/mol.